The Labute approximate surface area is 149 Å². The Kier molecular flexibility index (Phi) is 5.38. The summed E-state index contributed by atoms with van der Waals surface area (Å²) in [6.45, 7) is 0.502. The number of methoxy groups -OCH3 is 1. The van der Waals surface area contributed by atoms with Gasteiger partial charge in [-0.25, -0.2) is 0 Å². The standard InChI is InChI=1S/C19H18N2O5/c1-24-17-7-6-13(18(22)20-11-14-4-2-8-25-14)10-16(17)19(23)21-12-15-5-3-9-26-15/h2-10H,11-12H2,1H3,(H,20,22)(H,21,23). The summed E-state index contributed by atoms with van der Waals surface area (Å²) in [5.41, 5.74) is 0.616. The van der Waals surface area contributed by atoms with Gasteiger partial charge in [-0.1, -0.05) is 0 Å². The predicted molar refractivity (Wildman–Crippen MR) is 92.8 cm³/mol. The minimum atomic E-state index is -0.362. The Morgan fingerprint density at radius 3 is 2.08 bits per heavy atom. The van der Waals surface area contributed by atoms with Gasteiger partial charge in [0.05, 0.1) is 38.3 Å². The zero-order valence-electron chi connectivity index (χ0n) is 14.2. The van der Waals surface area contributed by atoms with Crippen molar-refractivity contribution in [3.63, 3.8) is 0 Å². The largest absolute Gasteiger partial charge is 0.496 e. The molecule has 7 heteroatoms. The summed E-state index contributed by atoms with van der Waals surface area (Å²) in [6.07, 6.45) is 3.07. The van der Waals surface area contributed by atoms with E-state index in [0.29, 0.717) is 22.8 Å². The second-order valence-electron chi connectivity index (χ2n) is 5.44. The van der Waals surface area contributed by atoms with Gasteiger partial charge in [-0.2, -0.15) is 0 Å². The van der Waals surface area contributed by atoms with E-state index in [2.05, 4.69) is 10.6 Å². The first kappa shape index (κ1) is 17.3. The number of nitrogens with one attached hydrogen (secondary N) is 2. The van der Waals surface area contributed by atoms with Crippen LogP contribution in [0.3, 0.4) is 0 Å². The molecule has 0 fully saturated rings. The Balaban J connectivity index is 1.70. The van der Waals surface area contributed by atoms with Crippen LogP contribution in [0.25, 0.3) is 0 Å². The number of benzene rings is 1. The summed E-state index contributed by atoms with van der Waals surface area (Å²) in [6, 6.07) is 11.7. The van der Waals surface area contributed by atoms with Crippen LogP contribution < -0.4 is 15.4 Å². The summed E-state index contributed by atoms with van der Waals surface area (Å²) in [5.74, 6) is 0.973. The molecule has 0 radical (unpaired) electrons. The Morgan fingerprint density at radius 2 is 1.54 bits per heavy atom. The normalized spacial score (nSPS) is 10.3. The highest BCUT2D eigenvalue weighted by molar-refractivity contribution is 6.01. The maximum atomic E-state index is 12.5. The maximum Gasteiger partial charge on any atom is 0.255 e. The lowest BCUT2D eigenvalue weighted by Gasteiger charge is -2.11. The number of rotatable bonds is 7. The van der Waals surface area contributed by atoms with Crippen LogP contribution in [-0.2, 0) is 13.1 Å². The fourth-order valence-corrected chi connectivity index (χ4v) is 2.39. The number of hydrogen-bond acceptors (Lipinski definition) is 5. The molecule has 2 aromatic heterocycles. The second kappa shape index (κ2) is 8.06. The van der Waals surface area contributed by atoms with E-state index < -0.39 is 0 Å². The van der Waals surface area contributed by atoms with Crippen LogP contribution in [-0.4, -0.2) is 18.9 Å². The minimum absolute atomic E-state index is 0.240. The van der Waals surface area contributed by atoms with Crippen molar-refractivity contribution in [2.75, 3.05) is 7.11 Å². The van der Waals surface area contributed by atoms with Crippen molar-refractivity contribution in [3.8, 4) is 5.75 Å². The first-order valence-electron chi connectivity index (χ1n) is 7.96. The second-order valence-corrected chi connectivity index (χ2v) is 5.44. The topological polar surface area (TPSA) is 93.7 Å². The Bertz CT molecular complexity index is 869. The molecule has 0 atom stereocenters. The number of furan rings is 2. The van der Waals surface area contributed by atoms with E-state index in [0.717, 1.165) is 0 Å². The average molecular weight is 354 g/mol. The lowest BCUT2D eigenvalue weighted by Crippen LogP contribution is -2.25. The van der Waals surface area contributed by atoms with Gasteiger partial charge in [-0.15, -0.1) is 0 Å². The van der Waals surface area contributed by atoms with Crippen LogP contribution in [0, 0.1) is 0 Å². The van der Waals surface area contributed by atoms with Gasteiger partial charge in [0.15, 0.2) is 0 Å². The van der Waals surface area contributed by atoms with E-state index in [4.69, 9.17) is 13.6 Å². The number of carbonyl (C=O) groups is 2. The molecule has 0 spiro atoms. The van der Waals surface area contributed by atoms with Crippen molar-refractivity contribution in [2.24, 2.45) is 0 Å². The van der Waals surface area contributed by atoms with Crippen LogP contribution in [0.15, 0.2) is 63.8 Å². The van der Waals surface area contributed by atoms with E-state index in [9.17, 15) is 9.59 Å². The van der Waals surface area contributed by atoms with E-state index >= 15 is 0 Å². The Morgan fingerprint density at radius 1 is 0.923 bits per heavy atom. The van der Waals surface area contributed by atoms with Crippen molar-refractivity contribution < 1.29 is 23.2 Å². The predicted octanol–water partition coefficient (Wildman–Crippen LogP) is 2.74. The van der Waals surface area contributed by atoms with E-state index in [1.54, 1.807) is 36.4 Å². The lowest BCUT2D eigenvalue weighted by molar-refractivity contribution is 0.0945. The average Bonchev–Trinajstić information content (AvgIpc) is 3.37. The zero-order valence-corrected chi connectivity index (χ0v) is 14.2. The van der Waals surface area contributed by atoms with Crippen LogP contribution in [0.5, 0.6) is 5.75 Å². The summed E-state index contributed by atoms with van der Waals surface area (Å²) >= 11 is 0. The fourth-order valence-electron chi connectivity index (χ4n) is 2.39. The highest BCUT2D eigenvalue weighted by Gasteiger charge is 2.16. The molecule has 0 bridgehead atoms. The van der Waals surface area contributed by atoms with Gasteiger partial charge < -0.3 is 24.2 Å². The molecule has 0 unspecified atom stereocenters. The molecular weight excluding hydrogens is 336 g/mol. The molecule has 0 saturated carbocycles. The number of amides is 2. The van der Waals surface area contributed by atoms with Crippen molar-refractivity contribution in [3.05, 3.63) is 77.6 Å². The minimum Gasteiger partial charge on any atom is -0.496 e. The Hall–Kier alpha value is -3.48. The number of hydrogen-bond donors (Lipinski definition) is 2. The van der Waals surface area contributed by atoms with Gasteiger partial charge in [0.25, 0.3) is 11.8 Å². The van der Waals surface area contributed by atoms with E-state index in [1.165, 1.54) is 25.7 Å². The molecule has 0 saturated heterocycles. The summed E-state index contributed by atoms with van der Waals surface area (Å²) in [5, 5.41) is 5.48. The highest BCUT2D eigenvalue weighted by Crippen LogP contribution is 2.20. The molecule has 26 heavy (non-hydrogen) atoms. The van der Waals surface area contributed by atoms with Crippen LogP contribution in [0.2, 0.25) is 0 Å². The molecule has 134 valence electrons. The molecule has 7 nitrogen and oxygen atoms in total. The monoisotopic (exact) mass is 354 g/mol. The molecule has 3 rings (SSSR count). The van der Waals surface area contributed by atoms with Gasteiger partial charge in [0.2, 0.25) is 0 Å². The third-order valence-corrected chi connectivity index (χ3v) is 3.71. The van der Waals surface area contributed by atoms with Gasteiger partial charge in [-0.3, -0.25) is 9.59 Å². The van der Waals surface area contributed by atoms with Crippen LogP contribution >= 0.6 is 0 Å². The fraction of sp³-hybridized carbons (Fsp3) is 0.158. The lowest BCUT2D eigenvalue weighted by atomic mass is 10.1. The van der Waals surface area contributed by atoms with E-state index in [1.807, 2.05) is 0 Å². The number of ether oxygens (including phenoxy) is 1. The molecule has 2 amide bonds. The van der Waals surface area contributed by atoms with Crippen LogP contribution in [0.1, 0.15) is 32.2 Å². The molecule has 0 aliphatic carbocycles. The first-order chi connectivity index (χ1) is 12.7. The van der Waals surface area contributed by atoms with Crippen molar-refractivity contribution in [1.29, 1.82) is 0 Å². The molecule has 3 aromatic rings. The first-order valence-corrected chi connectivity index (χ1v) is 7.96. The molecule has 2 N–H and O–H groups in total. The van der Waals surface area contributed by atoms with E-state index in [-0.39, 0.29) is 30.5 Å². The van der Waals surface area contributed by atoms with Gasteiger partial charge >= 0.3 is 0 Å². The quantitative estimate of drug-likeness (QED) is 0.680. The summed E-state index contributed by atoms with van der Waals surface area (Å²) in [7, 11) is 1.47. The maximum absolute atomic E-state index is 12.5. The van der Waals surface area contributed by atoms with Gasteiger partial charge in [-0.05, 0) is 42.5 Å². The van der Waals surface area contributed by atoms with Gasteiger partial charge in [0, 0.05) is 5.56 Å². The molecule has 0 aliphatic heterocycles. The van der Waals surface area contributed by atoms with Gasteiger partial charge in [0.1, 0.15) is 17.3 Å². The van der Waals surface area contributed by atoms with Crippen molar-refractivity contribution in [1.82, 2.24) is 10.6 Å². The SMILES string of the molecule is COc1ccc(C(=O)NCc2ccco2)cc1C(=O)NCc1ccco1. The zero-order chi connectivity index (χ0) is 18.4. The molecule has 0 aliphatic rings. The summed E-state index contributed by atoms with van der Waals surface area (Å²) < 4.78 is 15.6. The van der Waals surface area contributed by atoms with Crippen LogP contribution in [0.4, 0.5) is 0 Å². The smallest absolute Gasteiger partial charge is 0.255 e. The molecular formula is C19H18N2O5. The highest BCUT2D eigenvalue weighted by atomic mass is 16.5. The third-order valence-electron chi connectivity index (χ3n) is 3.71. The van der Waals surface area contributed by atoms with Crippen molar-refractivity contribution in [2.45, 2.75) is 13.1 Å². The summed E-state index contributed by atoms with van der Waals surface area (Å²) in [4.78, 5) is 24.8. The molecule has 1 aromatic carbocycles. The van der Waals surface area contributed by atoms with Crippen molar-refractivity contribution >= 4 is 11.8 Å². The molecule has 2 heterocycles. The number of carbonyl (C=O) groups excluding carboxylic acids is 2. The third kappa shape index (κ3) is 4.13.